The molecule has 0 N–H and O–H groups in total. The number of ether oxygens (including phenoxy) is 1. The van der Waals surface area contributed by atoms with Crippen molar-refractivity contribution in [3.8, 4) is 16.9 Å². The normalized spacial score (nSPS) is 10.6. The average molecular weight is 332 g/mol. The van der Waals surface area contributed by atoms with Crippen LogP contribution in [0.5, 0.6) is 5.75 Å². The lowest BCUT2D eigenvalue weighted by Gasteiger charge is -2.10. The van der Waals surface area contributed by atoms with Crippen molar-refractivity contribution in [3.63, 3.8) is 0 Å². The number of Topliss-reactive ketones (excluding diaryl/α,β-unsaturated/α-hetero) is 1. The number of carbonyl (C=O) groups excluding carboxylic acids is 2. The van der Waals surface area contributed by atoms with Gasteiger partial charge in [0.2, 0.25) is 5.78 Å². The van der Waals surface area contributed by atoms with E-state index in [1.165, 1.54) is 0 Å². The van der Waals surface area contributed by atoms with E-state index >= 15 is 0 Å². The third-order valence-corrected chi connectivity index (χ3v) is 4.39. The minimum atomic E-state index is -0.0907. The molecule has 1 aromatic carbocycles. The predicted octanol–water partition coefficient (Wildman–Crippen LogP) is 4.74. The summed E-state index contributed by atoms with van der Waals surface area (Å²) in [5.41, 5.74) is 5.16. The van der Waals surface area contributed by atoms with Crippen LogP contribution in [0, 0.1) is 6.92 Å². The maximum absolute atomic E-state index is 12.8. The molecule has 0 aromatic heterocycles. The van der Waals surface area contributed by atoms with Crippen molar-refractivity contribution in [3.05, 3.63) is 76.9 Å². The van der Waals surface area contributed by atoms with Gasteiger partial charge in [0.1, 0.15) is 5.75 Å². The molecule has 0 saturated carbocycles. The molecule has 0 saturated heterocycles. The largest absolute Gasteiger partial charge is 0.484 e. The number of aldehydes is 1. The van der Waals surface area contributed by atoms with Crippen LogP contribution in [0.3, 0.4) is 0 Å². The molecule has 0 aliphatic heterocycles. The Balaban J connectivity index is 1.89. The number of hydrogen-bond acceptors (Lipinski definition) is 3. The summed E-state index contributed by atoms with van der Waals surface area (Å²) >= 11 is 0. The molecule has 3 rings (SSSR count). The van der Waals surface area contributed by atoms with Gasteiger partial charge in [-0.25, -0.2) is 0 Å². The maximum Gasteiger partial charge on any atom is 0.200 e. The van der Waals surface area contributed by atoms with Crippen LogP contribution in [0.15, 0.2) is 54.6 Å². The molecule has 0 atom stereocenters. The van der Waals surface area contributed by atoms with Crippen molar-refractivity contribution >= 4 is 12.1 Å². The van der Waals surface area contributed by atoms with Crippen LogP contribution in [0.25, 0.3) is 11.1 Å². The highest BCUT2D eigenvalue weighted by Gasteiger charge is 2.20. The zero-order valence-corrected chi connectivity index (χ0v) is 14.4. The van der Waals surface area contributed by atoms with Crippen molar-refractivity contribution < 1.29 is 14.3 Å². The van der Waals surface area contributed by atoms with Gasteiger partial charge in [-0.15, -0.1) is 0 Å². The second-order valence-electron chi connectivity index (χ2n) is 6.00. The van der Waals surface area contributed by atoms with E-state index in [-0.39, 0.29) is 12.4 Å². The van der Waals surface area contributed by atoms with E-state index in [2.05, 4.69) is 6.92 Å². The van der Waals surface area contributed by atoms with Crippen LogP contribution >= 0.6 is 0 Å². The van der Waals surface area contributed by atoms with Gasteiger partial charge < -0.3 is 4.74 Å². The molecule has 25 heavy (non-hydrogen) atoms. The van der Waals surface area contributed by atoms with Gasteiger partial charge in [0.15, 0.2) is 12.9 Å². The first kappa shape index (κ1) is 16.9. The van der Waals surface area contributed by atoms with Crippen LogP contribution in [0.1, 0.15) is 38.8 Å². The molecule has 0 amide bonds. The van der Waals surface area contributed by atoms with Gasteiger partial charge in [0, 0.05) is 5.56 Å². The van der Waals surface area contributed by atoms with Crippen LogP contribution in [-0.2, 0) is 6.42 Å². The van der Waals surface area contributed by atoms with Gasteiger partial charge in [-0.2, -0.15) is 0 Å². The Labute approximate surface area is 147 Å². The molecule has 2 aliphatic rings. The number of ketones is 1. The molecule has 3 heteroatoms. The summed E-state index contributed by atoms with van der Waals surface area (Å²) in [7, 11) is 0. The lowest BCUT2D eigenvalue weighted by atomic mass is 10.1. The fraction of sp³-hybridized carbons (Fsp3) is 0.182. The first-order valence-corrected chi connectivity index (χ1v) is 8.37. The van der Waals surface area contributed by atoms with Gasteiger partial charge in [-0.3, -0.25) is 9.59 Å². The first-order chi connectivity index (χ1) is 12.2. The van der Waals surface area contributed by atoms with Crippen molar-refractivity contribution in [2.24, 2.45) is 0 Å². The van der Waals surface area contributed by atoms with Crippen molar-refractivity contribution in [2.75, 3.05) is 6.61 Å². The molecular formula is C22H20O3. The summed E-state index contributed by atoms with van der Waals surface area (Å²) in [4.78, 5) is 23.9. The van der Waals surface area contributed by atoms with E-state index in [9.17, 15) is 9.59 Å². The summed E-state index contributed by atoms with van der Waals surface area (Å²) in [5, 5.41) is 0. The summed E-state index contributed by atoms with van der Waals surface area (Å²) < 4.78 is 5.71. The lowest BCUT2D eigenvalue weighted by Crippen LogP contribution is -2.13. The topological polar surface area (TPSA) is 43.4 Å². The fourth-order valence-corrected chi connectivity index (χ4v) is 3.10. The quantitative estimate of drug-likeness (QED) is 0.484. The number of para-hydroxylation sites is 1. The maximum atomic E-state index is 12.8. The number of hydrogen-bond donors (Lipinski definition) is 0. The van der Waals surface area contributed by atoms with E-state index in [4.69, 9.17) is 4.74 Å². The van der Waals surface area contributed by atoms with Gasteiger partial charge in [-0.1, -0.05) is 49.4 Å². The molecule has 0 heterocycles. The Morgan fingerprint density at radius 1 is 1.04 bits per heavy atom. The zero-order valence-electron chi connectivity index (χ0n) is 14.4. The summed E-state index contributed by atoms with van der Waals surface area (Å²) in [6.07, 6.45) is 1.61. The van der Waals surface area contributed by atoms with E-state index in [0.717, 1.165) is 35.0 Å². The predicted molar refractivity (Wildman–Crippen MR) is 98.8 cm³/mol. The van der Waals surface area contributed by atoms with Crippen molar-refractivity contribution in [1.29, 1.82) is 0 Å². The summed E-state index contributed by atoms with van der Waals surface area (Å²) in [5.74, 6) is 0.388. The molecule has 0 spiro atoms. The molecule has 1 aromatic rings. The van der Waals surface area contributed by atoms with Crippen LogP contribution in [0.4, 0.5) is 0 Å². The summed E-state index contributed by atoms with van der Waals surface area (Å²) in [6.45, 7) is 3.85. The van der Waals surface area contributed by atoms with Crippen molar-refractivity contribution in [2.45, 2.75) is 20.3 Å². The van der Waals surface area contributed by atoms with Gasteiger partial charge in [0.05, 0.1) is 5.56 Å². The highest BCUT2D eigenvalue weighted by Crippen LogP contribution is 2.32. The molecule has 126 valence electrons. The standard InChI is InChI=1S/C22H20O3/c1-3-16-12-20(19-11-6-4-5-10-18(16)19)21(24)14-25-22-15(2)8-7-9-17(22)13-23/h4-13H,3,14H2,1-2H3. The molecule has 0 radical (unpaired) electrons. The molecule has 0 fully saturated rings. The Kier molecular flexibility index (Phi) is 4.94. The molecular weight excluding hydrogens is 312 g/mol. The SMILES string of the molecule is CCc1cc(C(=O)COc2c(C)cccc2C=O)c2cccccc1-2. The zero-order chi connectivity index (χ0) is 17.8. The monoisotopic (exact) mass is 332 g/mol. The first-order valence-electron chi connectivity index (χ1n) is 8.37. The van der Waals surface area contributed by atoms with Crippen LogP contribution < -0.4 is 4.74 Å². The smallest absolute Gasteiger partial charge is 0.200 e. The van der Waals surface area contributed by atoms with Gasteiger partial charge in [0.25, 0.3) is 0 Å². The number of benzene rings is 1. The highest BCUT2D eigenvalue weighted by molar-refractivity contribution is 6.05. The number of fused-ring (bicyclic) bond motifs is 1. The van der Waals surface area contributed by atoms with Crippen LogP contribution in [0.2, 0.25) is 0 Å². The Hall–Kier alpha value is -2.94. The number of aryl methyl sites for hydroxylation is 2. The molecule has 0 unspecified atom stereocenters. The van der Waals surface area contributed by atoms with Gasteiger partial charge >= 0.3 is 0 Å². The van der Waals surface area contributed by atoms with E-state index < -0.39 is 0 Å². The minimum absolute atomic E-state index is 0.0870. The Morgan fingerprint density at radius 2 is 1.80 bits per heavy atom. The van der Waals surface area contributed by atoms with E-state index in [1.54, 1.807) is 12.1 Å². The second-order valence-corrected chi connectivity index (χ2v) is 6.00. The van der Waals surface area contributed by atoms with Crippen molar-refractivity contribution in [1.82, 2.24) is 0 Å². The third-order valence-electron chi connectivity index (χ3n) is 4.39. The van der Waals surface area contributed by atoms with Gasteiger partial charge in [-0.05, 0) is 47.7 Å². The second kappa shape index (κ2) is 7.31. The van der Waals surface area contributed by atoms with Crippen LogP contribution in [-0.4, -0.2) is 18.7 Å². The number of carbonyl (C=O) groups is 2. The Bertz CT molecular complexity index is 896. The lowest BCUT2D eigenvalue weighted by molar-refractivity contribution is 0.0918. The molecule has 3 nitrogen and oxygen atoms in total. The third kappa shape index (κ3) is 3.31. The fourth-order valence-electron chi connectivity index (χ4n) is 3.10. The minimum Gasteiger partial charge on any atom is -0.484 e. The molecule has 0 bridgehead atoms. The van der Waals surface area contributed by atoms with E-state index in [1.807, 2.05) is 49.4 Å². The number of rotatable bonds is 6. The summed E-state index contributed by atoms with van der Waals surface area (Å²) in [6, 6.07) is 17.2. The molecule has 2 aliphatic carbocycles. The van der Waals surface area contributed by atoms with E-state index in [0.29, 0.717) is 16.9 Å². The Morgan fingerprint density at radius 3 is 2.52 bits per heavy atom. The average Bonchev–Trinajstić information content (AvgIpc) is 2.80. The highest BCUT2D eigenvalue weighted by atomic mass is 16.5.